The molecule has 1 saturated heterocycles. The van der Waals surface area contributed by atoms with Crippen molar-refractivity contribution < 1.29 is 9.53 Å². The molecule has 0 aromatic rings. The van der Waals surface area contributed by atoms with Gasteiger partial charge in [-0.25, -0.2) is 0 Å². The molecule has 4 nitrogen and oxygen atoms in total. The van der Waals surface area contributed by atoms with Crippen molar-refractivity contribution in [1.29, 1.82) is 0 Å². The fraction of sp³-hybridized carbons (Fsp3) is 0.923. The average molecular weight is 242 g/mol. The van der Waals surface area contributed by atoms with Crippen molar-refractivity contribution in [3.05, 3.63) is 0 Å². The first-order chi connectivity index (χ1) is 8.10. The molecule has 0 aromatic heterocycles. The van der Waals surface area contributed by atoms with Gasteiger partial charge in [0.15, 0.2) is 0 Å². The highest BCUT2D eigenvalue weighted by atomic mass is 16.5. The fourth-order valence-electron chi connectivity index (χ4n) is 2.34. The Labute approximate surface area is 105 Å². The summed E-state index contributed by atoms with van der Waals surface area (Å²) in [5, 5.41) is 0. The van der Waals surface area contributed by atoms with Gasteiger partial charge in [0.05, 0.1) is 7.11 Å². The summed E-state index contributed by atoms with van der Waals surface area (Å²) in [5.74, 6) is -0.0739. The number of rotatable bonds is 5. The van der Waals surface area contributed by atoms with Gasteiger partial charge in [-0.2, -0.15) is 0 Å². The highest BCUT2D eigenvalue weighted by Crippen LogP contribution is 2.16. The monoisotopic (exact) mass is 242 g/mol. The molecule has 1 aliphatic heterocycles. The zero-order valence-corrected chi connectivity index (χ0v) is 11.6. The third-order valence-electron chi connectivity index (χ3n) is 3.74. The number of methoxy groups -OCH3 is 1. The molecule has 0 aliphatic carbocycles. The summed E-state index contributed by atoms with van der Waals surface area (Å²) in [6.07, 6.45) is 3.12. The van der Waals surface area contributed by atoms with Crippen LogP contribution in [0.15, 0.2) is 0 Å². The Hall–Kier alpha value is -0.610. The van der Waals surface area contributed by atoms with Crippen LogP contribution < -0.4 is 0 Å². The van der Waals surface area contributed by atoms with E-state index in [1.165, 1.54) is 7.11 Å². The summed E-state index contributed by atoms with van der Waals surface area (Å²) in [7, 11) is 3.63. The first-order valence-electron chi connectivity index (χ1n) is 6.62. The van der Waals surface area contributed by atoms with Gasteiger partial charge in [0.1, 0.15) is 6.04 Å². The van der Waals surface area contributed by atoms with Crippen LogP contribution in [-0.4, -0.2) is 61.6 Å². The van der Waals surface area contributed by atoms with Crippen molar-refractivity contribution in [2.75, 3.05) is 33.8 Å². The molecular weight excluding hydrogens is 216 g/mol. The molecule has 0 radical (unpaired) electrons. The summed E-state index contributed by atoms with van der Waals surface area (Å²) >= 11 is 0. The predicted molar refractivity (Wildman–Crippen MR) is 69.0 cm³/mol. The molecule has 0 spiro atoms. The third-order valence-corrected chi connectivity index (χ3v) is 3.74. The van der Waals surface area contributed by atoms with E-state index in [-0.39, 0.29) is 12.0 Å². The van der Waals surface area contributed by atoms with Crippen molar-refractivity contribution in [2.24, 2.45) is 0 Å². The van der Waals surface area contributed by atoms with Gasteiger partial charge in [-0.05, 0) is 20.4 Å². The minimum atomic E-state index is -0.0739. The number of ether oxygens (including phenoxy) is 1. The molecule has 1 aliphatic rings. The maximum atomic E-state index is 11.8. The first kappa shape index (κ1) is 14.5. The van der Waals surface area contributed by atoms with Gasteiger partial charge in [0.25, 0.3) is 0 Å². The predicted octanol–water partition coefficient (Wildman–Crippen LogP) is 1.35. The number of likely N-dealkylation sites (N-methyl/N-ethyl adjacent to an activating group) is 1. The van der Waals surface area contributed by atoms with Crippen LogP contribution in [0.2, 0.25) is 0 Å². The number of hydrogen-bond acceptors (Lipinski definition) is 4. The molecule has 1 fully saturated rings. The highest BCUT2D eigenvalue weighted by Gasteiger charge is 2.30. The Morgan fingerprint density at radius 3 is 2.71 bits per heavy atom. The minimum Gasteiger partial charge on any atom is -0.468 e. The molecule has 0 N–H and O–H groups in total. The number of hydrogen-bond donors (Lipinski definition) is 0. The van der Waals surface area contributed by atoms with Crippen molar-refractivity contribution in [3.8, 4) is 0 Å². The van der Waals surface area contributed by atoms with E-state index in [2.05, 4.69) is 30.7 Å². The van der Waals surface area contributed by atoms with E-state index in [0.717, 1.165) is 38.9 Å². The number of carbonyl (C=O) groups excluding carboxylic acids is 1. The van der Waals surface area contributed by atoms with Gasteiger partial charge >= 0.3 is 5.97 Å². The van der Waals surface area contributed by atoms with Gasteiger partial charge in [-0.3, -0.25) is 9.69 Å². The summed E-state index contributed by atoms with van der Waals surface area (Å²) in [5.41, 5.74) is 0. The van der Waals surface area contributed by atoms with E-state index >= 15 is 0 Å². The molecule has 2 atom stereocenters. The lowest BCUT2D eigenvalue weighted by Crippen LogP contribution is -2.55. The van der Waals surface area contributed by atoms with Gasteiger partial charge in [-0.15, -0.1) is 0 Å². The second-order valence-corrected chi connectivity index (χ2v) is 5.01. The Balaban J connectivity index is 2.59. The van der Waals surface area contributed by atoms with Gasteiger partial charge in [-0.1, -0.05) is 19.8 Å². The van der Waals surface area contributed by atoms with Crippen molar-refractivity contribution in [3.63, 3.8) is 0 Å². The van der Waals surface area contributed by atoms with Crippen LogP contribution in [0.4, 0.5) is 0 Å². The second-order valence-electron chi connectivity index (χ2n) is 5.01. The largest absolute Gasteiger partial charge is 0.468 e. The number of esters is 1. The maximum Gasteiger partial charge on any atom is 0.323 e. The van der Waals surface area contributed by atoms with E-state index in [0.29, 0.717) is 6.04 Å². The highest BCUT2D eigenvalue weighted by molar-refractivity contribution is 5.75. The fourth-order valence-corrected chi connectivity index (χ4v) is 2.34. The van der Waals surface area contributed by atoms with Gasteiger partial charge < -0.3 is 9.64 Å². The minimum absolute atomic E-state index is 0.0453. The Kier molecular flexibility index (Phi) is 5.92. The molecule has 0 saturated carbocycles. The smallest absolute Gasteiger partial charge is 0.323 e. The lowest BCUT2D eigenvalue weighted by molar-refractivity contribution is -0.148. The maximum absolute atomic E-state index is 11.8. The van der Waals surface area contributed by atoms with E-state index in [1.54, 1.807) is 0 Å². The van der Waals surface area contributed by atoms with Crippen molar-refractivity contribution >= 4 is 5.97 Å². The van der Waals surface area contributed by atoms with Crippen LogP contribution in [0.25, 0.3) is 0 Å². The zero-order valence-electron chi connectivity index (χ0n) is 11.6. The number of carbonyl (C=O) groups is 1. The topological polar surface area (TPSA) is 32.8 Å². The van der Waals surface area contributed by atoms with E-state index in [4.69, 9.17) is 4.74 Å². The van der Waals surface area contributed by atoms with Crippen molar-refractivity contribution in [2.45, 2.75) is 45.2 Å². The van der Waals surface area contributed by atoms with E-state index in [9.17, 15) is 4.79 Å². The van der Waals surface area contributed by atoms with Gasteiger partial charge in [0.2, 0.25) is 0 Å². The van der Waals surface area contributed by atoms with Crippen LogP contribution >= 0.6 is 0 Å². The molecule has 0 amide bonds. The molecule has 4 heteroatoms. The normalized spacial score (nSPS) is 24.6. The van der Waals surface area contributed by atoms with Crippen LogP contribution in [0, 0.1) is 0 Å². The number of piperazine rings is 1. The van der Waals surface area contributed by atoms with Crippen LogP contribution in [-0.2, 0) is 9.53 Å². The lowest BCUT2D eigenvalue weighted by atomic mass is 10.1. The quantitative estimate of drug-likeness (QED) is 0.681. The SMILES string of the molecule is CCCCC(C(=O)OC)N1CCN(C)C(C)C1. The van der Waals surface area contributed by atoms with E-state index in [1.807, 2.05) is 0 Å². The first-order valence-corrected chi connectivity index (χ1v) is 6.62. The molecular formula is C13H26N2O2. The average Bonchev–Trinajstić information content (AvgIpc) is 2.33. The summed E-state index contributed by atoms with van der Waals surface area (Å²) in [6, 6.07) is 0.466. The standard InChI is InChI=1S/C13H26N2O2/c1-5-6-7-12(13(16)17-4)15-9-8-14(3)11(2)10-15/h11-12H,5-10H2,1-4H3. The number of nitrogens with zero attached hydrogens (tertiary/aromatic N) is 2. The van der Waals surface area contributed by atoms with Crippen LogP contribution in [0.5, 0.6) is 0 Å². The Morgan fingerprint density at radius 1 is 1.47 bits per heavy atom. The number of unbranched alkanes of at least 4 members (excludes halogenated alkanes) is 1. The Morgan fingerprint density at radius 2 is 2.18 bits per heavy atom. The summed E-state index contributed by atoms with van der Waals surface area (Å²) in [4.78, 5) is 16.4. The van der Waals surface area contributed by atoms with Crippen molar-refractivity contribution in [1.82, 2.24) is 9.80 Å². The van der Waals surface area contributed by atoms with Crippen LogP contribution in [0.3, 0.4) is 0 Å². The molecule has 100 valence electrons. The van der Waals surface area contributed by atoms with E-state index < -0.39 is 0 Å². The third kappa shape index (κ3) is 3.96. The summed E-state index contributed by atoms with van der Waals surface area (Å²) in [6.45, 7) is 7.31. The molecule has 0 aromatic carbocycles. The van der Waals surface area contributed by atoms with Gasteiger partial charge in [0, 0.05) is 25.7 Å². The molecule has 0 bridgehead atoms. The molecule has 1 rings (SSSR count). The zero-order chi connectivity index (χ0) is 12.8. The second kappa shape index (κ2) is 6.97. The molecule has 2 unspecified atom stereocenters. The Bertz CT molecular complexity index is 246. The summed E-state index contributed by atoms with van der Waals surface area (Å²) < 4.78 is 4.93. The lowest BCUT2D eigenvalue weighted by Gasteiger charge is -2.40. The molecule has 17 heavy (non-hydrogen) atoms. The van der Waals surface area contributed by atoms with Crippen LogP contribution in [0.1, 0.15) is 33.1 Å². The molecule has 1 heterocycles.